The molecule has 7 heteroatoms. The van der Waals surface area contributed by atoms with E-state index in [2.05, 4.69) is 11.1 Å². The Hall–Kier alpha value is -2.72. The second-order valence-electron chi connectivity index (χ2n) is 5.60. The number of carbonyl (C=O) groups excluding carboxylic acids is 2. The monoisotopic (exact) mass is 340 g/mol. The highest BCUT2D eigenvalue weighted by molar-refractivity contribution is 7.10. The summed E-state index contributed by atoms with van der Waals surface area (Å²) in [5.74, 6) is -0.660. The van der Waals surface area contributed by atoms with Crippen LogP contribution < -0.4 is 5.73 Å². The van der Waals surface area contributed by atoms with Crippen LogP contribution in [0, 0.1) is 11.3 Å². The molecule has 0 spiro atoms. The minimum atomic E-state index is -0.772. The summed E-state index contributed by atoms with van der Waals surface area (Å²) in [6.07, 6.45) is 4.85. The number of fused-ring (bicyclic) bond motifs is 1. The van der Waals surface area contributed by atoms with Crippen molar-refractivity contribution in [3.05, 3.63) is 51.5 Å². The third kappa shape index (κ3) is 3.01. The van der Waals surface area contributed by atoms with Gasteiger partial charge in [-0.25, -0.2) is 0 Å². The Kier molecular flexibility index (Phi) is 4.58. The fourth-order valence-corrected chi connectivity index (χ4v) is 4.14. The van der Waals surface area contributed by atoms with Crippen LogP contribution in [0.5, 0.6) is 0 Å². The summed E-state index contributed by atoms with van der Waals surface area (Å²) in [5.41, 5.74) is 8.00. The molecule has 3 heterocycles. The highest BCUT2D eigenvalue weighted by Crippen LogP contribution is 2.36. The molecule has 1 atom stereocenters. The second kappa shape index (κ2) is 6.81. The van der Waals surface area contributed by atoms with Crippen molar-refractivity contribution in [1.82, 2.24) is 9.88 Å². The number of primary amides is 1. The largest absolute Gasteiger partial charge is 0.368 e. The Labute approximate surface area is 143 Å². The van der Waals surface area contributed by atoms with Crippen molar-refractivity contribution in [3.63, 3.8) is 0 Å². The lowest BCUT2D eigenvalue weighted by Gasteiger charge is -2.34. The van der Waals surface area contributed by atoms with Crippen LogP contribution in [0.3, 0.4) is 0 Å². The third-order valence-electron chi connectivity index (χ3n) is 4.18. The zero-order chi connectivity index (χ0) is 17.1. The van der Waals surface area contributed by atoms with Crippen molar-refractivity contribution >= 4 is 23.2 Å². The predicted octanol–water partition coefficient (Wildman–Crippen LogP) is 1.56. The van der Waals surface area contributed by atoms with Crippen molar-refractivity contribution in [2.24, 2.45) is 5.73 Å². The average molecular weight is 340 g/mol. The highest BCUT2D eigenvalue weighted by atomic mass is 32.1. The van der Waals surface area contributed by atoms with Crippen molar-refractivity contribution in [2.75, 3.05) is 6.54 Å². The number of thiophene rings is 1. The molecule has 6 nitrogen and oxygen atoms in total. The molecule has 0 fully saturated rings. The second-order valence-corrected chi connectivity index (χ2v) is 6.51. The molecule has 2 amide bonds. The van der Waals surface area contributed by atoms with E-state index in [9.17, 15) is 9.59 Å². The number of hydrogen-bond donors (Lipinski definition) is 1. The van der Waals surface area contributed by atoms with E-state index in [-0.39, 0.29) is 5.91 Å². The maximum absolute atomic E-state index is 12.6. The first kappa shape index (κ1) is 16.1. The molecule has 24 heavy (non-hydrogen) atoms. The van der Waals surface area contributed by atoms with Gasteiger partial charge in [-0.3, -0.25) is 14.6 Å². The summed E-state index contributed by atoms with van der Waals surface area (Å²) in [6.45, 7) is 0.404. The molecule has 122 valence electrons. The smallest absolute Gasteiger partial charge is 0.245 e. The van der Waals surface area contributed by atoms with Crippen LogP contribution in [-0.2, 0) is 22.4 Å². The van der Waals surface area contributed by atoms with E-state index in [1.807, 2.05) is 12.1 Å². The zero-order valence-corrected chi connectivity index (χ0v) is 13.8. The lowest BCUT2D eigenvalue weighted by molar-refractivity contribution is -0.140. The molecule has 0 saturated heterocycles. The highest BCUT2D eigenvalue weighted by Gasteiger charge is 2.36. The maximum atomic E-state index is 12.6. The Bertz CT molecular complexity index is 810. The topological polar surface area (TPSA) is 100 Å². The summed E-state index contributed by atoms with van der Waals surface area (Å²) in [7, 11) is 0. The van der Waals surface area contributed by atoms with Crippen molar-refractivity contribution in [2.45, 2.75) is 25.3 Å². The molecule has 3 rings (SSSR count). The van der Waals surface area contributed by atoms with Gasteiger partial charge in [-0.15, -0.1) is 11.3 Å². The van der Waals surface area contributed by atoms with Crippen LogP contribution in [0.1, 0.15) is 34.0 Å². The molecule has 0 saturated carbocycles. The molecule has 1 aliphatic heterocycles. The van der Waals surface area contributed by atoms with Crippen molar-refractivity contribution in [3.8, 4) is 6.07 Å². The zero-order valence-electron chi connectivity index (χ0n) is 12.9. The van der Waals surface area contributed by atoms with E-state index in [0.29, 0.717) is 31.4 Å². The standard InChI is InChI=1S/C17H16N4O2S/c18-9-12-10-24-16-13(12)5-8-21(15(16)17(19)23)14(22)2-1-11-3-6-20-7-4-11/h3-4,6-7,10,15H,1-2,5,8H2,(H2,19,23). The minimum Gasteiger partial charge on any atom is -0.368 e. The summed E-state index contributed by atoms with van der Waals surface area (Å²) < 4.78 is 0. The number of hydrogen-bond acceptors (Lipinski definition) is 5. The number of aromatic nitrogens is 1. The molecule has 1 unspecified atom stereocenters. The van der Waals surface area contributed by atoms with Crippen LogP contribution in [-0.4, -0.2) is 28.2 Å². The quantitative estimate of drug-likeness (QED) is 0.912. The molecule has 0 aliphatic carbocycles. The van der Waals surface area contributed by atoms with Crippen LogP contribution in [0.25, 0.3) is 0 Å². The summed E-state index contributed by atoms with van der Waals surface area (Å²) in [4.78, 5) is 30.8. The van der Waals surface area contributed by atoms with Gasteiger partial charge in [-0.1, -0.05) is 0 Å². The van der Waals surface area contributed by atoms with Gasteiger partial charge < -0.3 is 10.6 Å². The number of rotatable bonds is 4. The number of nitriles is 1. The fourth-order valence-electron chi connectivity index (χ4n) is 2.98. The van der Waals surface area contributed by atoms with Crippen LogP contribution in [0.15, 0.2) is 29.9 Å². The van der Waals surface area contributed by atoms with E-state index in [4.69, 9.17) is 11.0 Å². The first-order valence-electron chi connectivity index (χ1n) is 7.60. The number of aryl methyl sites for hydroxylation is 1. The number of amides is 2. The molecule has 2 aromatic rings. The summed E-state index contributed by atoms with van der Waals surface area (Å²) in [6, 6.07) is 5.10. The Morgan fingerprint density at radius 2 is 2.17 bits per heavy atom. The van der Waals surface area contributed by atoms with Gasteiger partial charge in [0.1, 0.15) is 12.1 Å². The average Bonchev–Trinajstić information content (AvgIpc) is 3.02. The third-order valence-corrected chi connectivity index (χ3v) is 5.25. The fraction of sp³-hybridized carbons (Fsp3) is 0.294. The molecule has 1 aliphatic rings. The minimum absolute atomic E-state index is 0.104. The van der Waals surface area contributed by atoms with Crippen LogP contribution in [0.4, 0.5) is 0 Å². The van der Waals surface area contributed by atoms with Gasteiger partial charge in [-0.05, 0) is 36.1 Å². The van der Waals surface area contributed by atoms with Gasteiger partial charge >= 0.3 is 0 Å². The Morgan fingerprint density at radius 3 is 2.83 bits per heavy atom. The molecular formula is C17H16N4O2S. The van der Waals surface area contributed by atoms with Gasteiger partial charge in [0.15, 0.2) is 0 Å². The molecule has 0 bridgehead atoms. The van der Waals surface area contributed by atoms with Crippen molar-refractivity contribution in [1.29, 1.82) is 5.26 Å². The first-order chi connectivity index (χ1) is 11.6. The van der Waals surface area contributed by atoms with Gasteiger partial charge in [0.05, 0.1) is 5.56 Å². The SMILES string of the molecule is N#Cc1csc2c1CCN(C(=O)CCc1ccncc1)C2C(N)=O. The molecule has 2 aromatic heterocycles. The lowest BCUT2D eigenvalue weighted by atomic mass is 9.97. The molecule has 0 radical (unpaired) electrons. The Morgan fingerprint density at radius 1 is 1.42 bits per heavy atom. The van der Waals surface area contributed by atoms with E-state index < -0.39 is 11.9 Å². The van der Waals surface area contributed by atoms with Gasteiger partial charge in [0.25, 0.3) is 0 Å². The van der Waals surface area contributed by atoms with Crippen molar-refractivity contribution < 1.29 is 9.59 Å². The lowest BCUT2D eigenvalue weighted by Crippen LogP contribution is -2.45. The number of nitrogens with two attached hydrogens (primary N) is 1. The number of carbonyl (C=O) groups is 2. The summed E-state index contributed by atoms with van der Waals surface area (Å²) in [5, 5.41) is 10.9. The van der Waals surface area contributed by atoms with Crippen LogP contribution >= 0.6 is 11.3 Å². The van der Waals surface area contributed by atoms with E-state index in [0.717, 1.165) is 16.0 Å². The van der Waals surface area contributed by atoms with Gasteiger partial charge in [0.2, 0.25) is 11.8 Å². The van der Waals surface area contributed by atoms with E-state index in [1.165, 1.54) is 11.3 Å². The van der Waals surface area contributed by atoms with Gasteiger partial charge in [-0.2, -0.15) is 5.26 Å². The Balaban J connectivity index is 1.78. The van der Waals surface area contributed by atoms with E-state index >= 15 is 0 Å². The molecule has 2 N–H and O–H groups in total. The molecular weight excluding hydrogens is 324 g/mol. The predicted molar refractivity (Wildman–Crippen MR) is 88.9 cm³/mol. The van der Waals surface area contributed by atoms with Crippen LogP contribution in [0.2, 0.25) is 0 Å². The summed E-state index contributed by atoms with van der Waals surface area (Å²) >= 11 is 1.32. The molecule has 0 aromatic carbocycles. The normalized spacial score (nSPS) is 16.3. The number of nitrogens with zero attached hydrogens (tertiary/aromatic N) is 3. The first-order valence-corrected chi connectivity index (χ1v) is 8.48. The van der Waals surface area contributed by atoms with Gasteiger partial charge in [0, 0.05) is 35.6 Å². The number of pyridine rings is 1. The van der Waals surface area contributed by atoms with E-state index in [1.54, 1.807) is 22.7 Å². The maximum Gasteiger partial charge on any atom is 0.245 e.